The van der Waals surface area contributed by atoms with E-state index in [0.717, 1.165) is 81.4 Å². The third-order valence-electron chi connectivity index (χ3n) is 5.58. The Morgan fingerprint density at radius 1 is 1.06 bits per heavy atom. The molecule has 2 aliphatic rings. The number of aromatic nitrogens is 3. The van der Waals surface area contributed by atoms with E-state index >= 15 is 0 Å². The van der Waals surface area contributed by atoms with E-state index in [1.807, 2.05) is 36.4 Å². The number of hydrogen-bond donors (Lipinski definition) is 3. The molecule has 4 heterocycles. The van der Waals surface area contributed by atoms with Crippen LogP contribution in [0.25, 0.3) is 10.9 Å². The lowest BCUT2D eigenvalue weighted by atomic mass is 10.2. The Morgan fingerprint density at radius 2 is 1.79 bits per heavy atom. The van der Waals surface area contributed by atoms with Gasteiger partial charge in [-0.2, -0.15) is 10.1 Å². The lowest BCUT2D eigenvalue weighted by Gasteiger charge is -2.29. The van der Waals surface area contributed by atoms with Crippen LogP contribution in [0.1, 0.15) is 5.69 Å². The Bertz CT molecular complexity index is 1030. The van der Waals surface area contributed by atoms with E-state index in [-0.39, 0.29) is 0 Å². The van der Waals surface area contributed by atoms with Crippen LogP contribution < -0.4 is 15.4 Å². The van der Waals surface area contributed by atoms with Gasteiger partial charge in [-0.3, -0.25) is 10.00 Å². The highest BCUT2D eigenvalue weighted by molar-refractivity contribution is 5.95. The summed E-state index contributed by atoms with van der Waals surface area (Å²) in [4.78, 5) is 8.84. The Morgan fingerprint density at radius 3 is 2.55 bits per heavy atom. The fourth-order valence-corrected chi connectivity index (χ4v) is 3.78. The molecule has 0 aliphatic carbocycles. The number of pyridine rings is 1. The molecule has 0 unspecified atom stereocenters. The van der Waals surface area contributed by atoms with Crippen LogP contribution in [-0.2, 0) is 9.47 Å². The van der Waals surface area contributed by atoms with Crippen LogP contribution in [0.4, 0.5) is 11.5 Å². The first kappa shape index (κ1) is 23.0. The molecule has 2 aromatic heterocycles. The van der Waals surface area contributed by atoms with E-state index in [9.17, 15) is 0 Å². The molecule has 10 heteroatoms. The van der Waals surface area contributed by atoms with Crippen LogP contribution in [0.2, 0.25) is 0 Å². The smallest absolute Gasteiger partial charge is 0.217 e. The normalized spacial score (nSPS) is 16.8. The number of rotatable bonds is 6. The summed E-state index contributed by atoms with van der Waals surface area (Å²) >= 11 is 0. The summed E-state index contributed by atoms with van der Waals surface area (Å²) in [6, 6.07) is 11.6. The molecule has 4 N–H and O–H groups in total. The second kappa shape index (κ2) is 11.6. The molecule has 0 radical (unpaired) electrons. The summed E-state index contributed by atoms with van der Waals surface area (Å²) in [6.07, 6.45) is 1.27. The first-order valence-electron chi connectivity index (χ1n) is 11.2. The largest absolute Gasteiger partial charge is 0.476 e. The second-order valence-corrected chi connectivity index (χ2v) is 7.79. The summed E-state index contributed by atoms with van der Waals surface area (Å²) in [5.41, 5.74) is 8.63. The number of nitrogens with zero attached hydrogens (tertiary/aromatic N) is 4. The molecule has 10 nitrogen and oxygen atoms in total. The van der Waals surface area contributed by atoms with E-state index in [0.29, 0.717) is 18.3 Å². The maximum absolute atomic E-state index is 7.05. The topological polar surface area (TPSA) is 126 Å². The molecule has 0 atom stereocenters. The quantitative estimate of drug-likeness (QED) is 0.482. The number of anilines is 2. The maximum Gasteiger partial charge on any atom is 0.217 e. The SMILES string of the molecule is N=Cc1[nH]nc2ccccc12.Nc1cc(N2CCOCC2)cc(OCCN2CCOCC2)n1. The zero-order valence-corrected chi connectivity index (χ0v) is 18.7. The molecule has 1 aromatic carbocycles. The molecule has 33 heavy (non-hydrogen) atoms. The van der Waals surface area contributed by atoms with Gasteiger partial charge in [-0.25, -0.2) is 0 Å². The molecule has 0 saturated carbocycles. The molecule has 2 saturated heterocycles. The van der Waals surface area contributed by atoms with Crippen LogP contribution in [0.3, 0.4) is 0 Å². The van der Waals surface area contributed by atoms with Gasteiger partial charge in [-0.05, 0) is 6.07 Å². The van der Waals surface area contributed by atoms with Crippen LogP contribution in [-0.4, -0.2) is 92.1 Å². The molecule has 2 fully saturated rings. The molecule has 3 aromatic rings. The van der Waals surface area contributed by atoms with Crippen molar-refractivity contribution in [1.29, 1.82) is 5.41 Å². The zero-order valence-electron chi connectivity index (χ0n) is 18.7. The highest BCUT2D eigenvalue weighted by Gasteiger charge is 2.14. The van der Waals surface area contributed by atoms with Gasteiger partial charge in [0.05, 0.1) is 37.6 Å². The molecule has 0 amide bonds. The van der Waals surface area contributed by atoms with Crippen molar-refractivity contribution in [2.24, 2.45) is 0 Å². The van der Waals surface area contributed by atoms with Gasteiger partial charge in [0, 0.05) is 62.1 Å². The summed E-state index contributed by atoms with van der Waals surface area (Å²) in [6.45, 7) is 8.26. The number of H-pyrrole nitrogens is 1. The first-order valence-corrected chi connectivity index (χ1v) is 11.2. The fourth-order valence-electron chi connectivity index (χ4n) is 3.78. The minimum atomic E-state index is 0.491. The van der Waals surface area contributed by atoms with Crippen molar-refractivity contribution in [3.63, 3.8) is 0 Å². The number of nitrogens with two attached hydrogens (primary N) is 1. The average molecular weight is 454 g/mol. The highest BCUT2D eigenvalue weighted by Crippen LogP contribution is 2.23. The van der Waals surface area contributed by atoms with E-state index in [2.05, 4.69) is 25.0 Å². The van der Waals surface area contributed by atoms with Crippen molar-refractivity contribution in [3.05, 3.63) is 42.1 Å². The standard InChI is InChI=1S/C15H24N4O3.C8H7N3/c16-14-11-13(19-4-8-21-9-5-19)12-15(17-14)22-10-3-18-1-6-20-7-2-18;9-5-8-6-3-1-2-4-7(6)10-11-8/h11-12H,1-10H2,(H2,16,17);1-5,9H,(H,10,11). The molecular weight excluding hydrogens is 422 g/mol. The van der Waals surface area contributed by atoms with E-state index in [1.54, 1.807) is 0 Å². The molecule has 5 rings (SSSR count). The Balaban J connectivity index is 0.000000196. The number of aromatic amines is 1. The van der Waals surface area contributed by atoms with Gasteiger partial charge in [0.2, 0.25) is 5.88 Å². The first-order chi connectivity index (χ1) is 16.2. The minimum absolute atomic E-state index is 0.491. The number of fused-ring (bicyclic) bond motifs is 1. The fraction of sp³-hybridized carbons (Fsp3) is 0.435. The predicted molar refractivity (Wildman–Crippen MR) is 128 cm³/mol. The Hall–Kier alpha value is -3.21. The van der Waals surface area contributed by atoms with Crippen molar-refractivity contribution in [2.45, 2.75) is 0 Å². The number of para-hydroxylation sites is 1. The third-order valence-corrected chi connectivity index (χ3v) is 5.58. The van der Waals surface area contributed by atoms with Gasteiger partial charge in [0.1, 0.15) is 12.4 Å². The van der Waals surface area contributed by atoms with E-state index < -0.39 is 0 Å². The van der Waals surface area contributed by atoms with E-state index in [4.69, 9.17) is 25.4 Å². The molecule has 0 spiro atoms. The lowest BCUT2D eigenvalue weighted by molar-refractivity contribution is 0.0320. The Kier molecular flexibility index (Phi) is 8.07. The molecule has 176 valence electrons. The van der Waals surface area contributed by atoms with Gasteiger partial charge < -0.3 is 30.3 Å². The predicted octanol–water partition coefficient (Wildman–Crippen LogP) is 1.77. The summed E-state index contributed by atoms with van der Waals surface area (Å²) in [5, 5.41) is 14.8. The number of hydrogen-bond acceptors (Lipinski definition) is 9. The van der Waals surface area contributed by atoms with Crippen molar-refractivity contribution in [3.8, 4) is 5.88 Å². The van der Waals surface area contributed by atoms with E-state index in [1.165, 1.54) is 6.21 Å². The number of morpholine rings is 2. The maximum atomic E-state index is 7.05. The number of ether oxygens (including phenoxy) is 3. The second-order valence-electron chi connectivity index (χ2n) is 7.79. The zero-order chi connectivity index (χ0) is 22.9. The monoisotopic (exact) mass is 453 g/mol. The lowest BCUT2D eigenvalue weighted by Crippen LogP contribution is -2.38. The Labute approximate surface area is 193 Å². The van der Waals surface area contributed by atoms with Gasteiger partial charge in [0.15, 0.2) is 0 Å². The van der Waals surface area contributed by atoms with Crippen LogP contribution >= 0.6 is 0 Å². The summed E-state index contributed by atoms with van der Waals surface area (Å²) in [5.74, 6) is 1.08. The molecule has 2 aliphatic heterocycles. The molecular formula is C23H31N7O3. The van der Waals surface area contributed by atoms with Gasteiger partial charge in [-0.1, -0.05) is 18.2 Å². The van der Waals surface area contributed by atoms with Crippen LogP contribution in [0, 0.1) is 5.41 Å². The van der Waals surface area contributed by atoms with Crippen LogP contribution in [0.15, 0.2) is 36.4 Å². The van der Waals surface area contributed by atoms with Gasteiger partial charge in [0.25, 0.3) is 0 Å². The van der Waals surface area contributed by atoms with Crippen molar-refractivity contribution in [2.75, 3.05) is 76.4 Å². The van der Waals surface area contributed by atoms with Gasteiger partial charge in [-0.15, -0.1) is 0 Å². The highest BCUT2D eigenvalue weighted by atomic mass is 16.5. The number of nitrogen functional groups attached to an aromatic ring is 1. The molecule has 0 bridgehead atoms. The van der Waals surface area contributed by atoms with Crippen molar-refractivity contribution < 1.29 is 14.2 Å². The third kappa shape index (κ3) is 6.41. The van der Waals surface area contributed by atoms with Crippen molar-refractivity contribution >= 4 is 28.6 Å². The van der Waals surface area contributed by atoms with Crippen molar-refractivity contribution in [1.82, 2.24) is 20.1 Å². The summed E-state index contributed by atoms with van der Waals surface area (Å²) in [7, 11) is 0. The average Bonchev–Trinajstić information content (AvgIpc) is 3.29. The number of nitrogens with one attached hydrogen (secondary N) is 2. The summed E-state index contributed by atoms with van der Waals surface area (Å²) < 4.78 is 16.5. The van der Waals surface area contributed by atoms with Gasteiger partial charge >= 0.3 is 0 Å². The minimum Gasteiger partial charge on any atom is -0.476 e. The van der Waals surface area contributed by atoms with Crippen LogP contribution in [0.5, 0.6) is 5.88 Å². The number of benzene rings is 1.